The highest BCUT2D eigenvalue weighted by Gasteiger charge is 2.33. The Hall–Kier alpha value is -1.90. The van der Waals surface area contributed by atoms with Crippen LogP contribution >= 0.6 is 0 Å². The summed E-state index contributed by atoms with van der Waals surface area (Å²) in [5.74, 6) is 0.886. The minimum absolute atomic E-state index is 0.220. The van der Waals surface area contributed by atoms with E-state index in [9.17, 15) is 4.39 Å². The molecule has 3 heteroatoms. The van der Waals surface area contributed by atoms with E-state index in [1.807, 2.05) is 25.1 Å². The molecule has 0 heterocycles. The number of fused-ring (bicyclic) bond motifs is 4. The molecule has 0 amide bonds. The summed E-state index contributed by atoms with van der Waals surface area (Å²) >= 11 is 0. The molecule has 2 aliphatic rings. The van der Waals surface area contributed by atoms with Gasteiger partial charge in [0.1, 0.15) is 17.4 Å². The van der Waals surface area contributed by atoms with Crippen molar-refractivity contribution in [3.05, 3.63) is 41.5 Å². The van der Waals surface area contributed by atoms with E-state index in [4.69, 9.17) is 4.74 Å². The van der Waals surface area contributed by atoms with Crippen molar-refractivity contribution in [1.29, 1.82) is 0 Å². The highest BCUT2D eigenvalue weighted by atomic mass is 19.1. The van der Waals surface area contributed by atoms with E-state index in [1.54, 1.807) is 0 Å². The van der Waals surface area contributed by atoms with Gasteiger partial charge in [0.15, 0.2) is 0 Å². The summed E-state index contributed by atoms with van der Waals surface area (Å²) in [6, 6.07) is 7.03. The van der Waals surface area contributed by atoms with Crippen LogP contribution in [0.4, 0.5) is 8.78 Å². The monoisotopic (exact) mass is 328 g/mol. The van der Waals surface area contributed by atoms with Crippen LogP contribution in [-0.2, 0) is 0 Å². The maximum atomic E-state index is 15.1. The van der Waals surface area contributed by atoms with Crippen LogP contribution in [0.2, 0.25) is 0 Å². The van der Waals surface area contributed by atoms with E-state index in [2.05, 4.69) is 6.92 Å². The van der Waals surface area contributed by atoms with Crippen LogP contribution in [-0.4, -0.2) is 6.61 Å². The van der Waals surface area contributed by atoms with Gasteiger partial charge in [-0.15, -0.1) is 0 Å². The van der Waals surface area contributed by atoms with E-state index >= 15 is 4.39 Å². The largest absolute Gasteiger partial charge is 0.494 e. The van der Waals surface area contributed by atoms with Gasteiger partial charge in [-0.05, 0) is 54.4 Å². The van der Waals surface area contributed by atoms with E-state index in [0.29, 0.717) is 23.5 Å². The normalized spacial score (nSPS) is 21.7. The van der Waals surface area contributed by atoms with Gasteiger partial charge in [0.25, 0.3) is 0 Å². The molecule has 0 saturated heterocycles. The minimum Gasteiger partial charge on any atom is -0.494 e. The third-order valence-corrected chi connectivity index (χ3v) is 5.54. The van der Waals surface area contributed by atoms with Crippen molar-refractivity contribution in [1.82, 2.24) is 0 Å². The number of ether oxygens (including phenoxy) is 1. The summed E-state index contributed by atoms with van der Waals surface area (Å²) < 4.78 is 35.0. The molecule has 0 unspecified atom stereocenters. The van der Waals surface area contributed by atoms with Crippen molar-refractivity contribution in [3.8, 4) is 28.0 Å². The number of rotatable bonds is 3. The van der Waals surface area contributed by atoms with Crippen LogP contribution in [0.5, 0.6) is 5.75 Å². The van der Waals surface area contributed by atoms with Crippen LogP contribution in [0.15, 0.2) is 24.3 Å². The second-order valence-electron chi connectivity index (χ2n) is 7.11. The lowest BCUT2D eigenvalue weighted by Crippen LogP contribution is -2.14. The lowest BCUT2D eigenvalue weighted by molar-refractivity contribution is 0.338. The molecule has 1 nitrogen and oxygen atoms in total. The first-order chi connectivity index (χ1) is 11.6. The van der Waals surface area contributed by atoms with Gasteiger partial charge in [-0.2, -0.15) is 0 Å². The standard InChI is InChI=1S/C21H22F2O/c1-3-24-14-10-17-16-9-8-15(13-6-4-12(2)5-7-13)21(23)20(16)19(17)18(22)11-14/h8-13H,3-7H2,1-2H3. The Labute approximate surface area is 141 Å². The van der Waals surface area contributed by atoms with Gasteiger partial charge >= 0.3 is 0 Å². The fraction of sp³-hybridized carbons (Fsp3) is 0.429. The smallest absolute Gasteiger partial charge is 0.135 e. The van der Waals surface area contributed by atoms with Gasteiger partial charge in [-0.3, -0.25) is 0 Å². The number of hydrogen-bond acceptors (Lipinski definition) is 1. The lowest BCUT2D eigenvalue weighted by Gasteiger charge is -2.31. The van der Waals surface area contributed by atoms with Crippen LogP contribution in [0.1, 0.15) is 51.0 Å². The third-order valence-electron chi connectivity index (χ3n) is 5.54. The molecule has 0 atom stereocenters. The molecule has 0 aliphatic heterocycles. The molecule has 126 valence electrons. The molecule has 1 fully saturated rings. The van der Waals surface area contributed by atoms with Gasteiger partial charge in [-0.1, -0.05) is 31.9 Å². The van der Waals surface area contributed by atoms with Gasteiger partial charge < -0.3 is 4.74 Å². The van der Waals surface area contributed by atoms with Crippen LogP contribution in [0, 0.1) is 17.6 Å². The zero-order valence-corrected chi connectivity index (χ0v) is 14.2. The van der Waals surface area contributed by atoms with Crippen molar-refractivity contribution in [2.75, 3.05) is 6.61 Å². The maximum absolute atomic E-state index is 15.1. The first kappa shape index (κ1) is 15.6. The Morgan fingerprint density at radius 1 is 1.00 bits per heavy atom. The Balaban J connectivity index is 1.72. The molecule has 0 N–H and O–H groups in total. The second kappa shape index (κ2) is 5.87. The summed E-state index contributed by atoms with van der Waals surface area (Å²) in [5, 5.41) is 0. The molecule has 0 aromatic heterocycles. The fourth-order valence-electron chi connectivity index (χ4n) is 4.18. The first-order valence-electron chi connectivity index (χ1n) is 8.89. The van der Waals surface area contributed by atoms with E-state index in [1.165, 1.54) is 6.07 Å². The van der Waals surface area contributed by atoms with Crippen LogP contribution in [0.3, 0.4) is 0 Å². The Morgan fingerprint density at radius 2 is 1.75 bits per heavy atom. The SMILES string of the molecule is CCOc1cc(F)c2c(c1)-c1ccc(C3CCC(C)CC3)c(F)c1-2. The summed E-state index contributed by atoms with van der Waals surface area (Å²) in [4.78, 5) is 0. The molecular formula is C21H22F2O. The van der Waals surface area contributed by atoms with Crippen molar-refractivity contribution in [2.45, 2.75) is 45.4 Å². The van der Waals surface area contributed by atoms with Crippen molar-refractivity contribution in [2.24, 2.45) is 5.92 Å². The summed E-state index contributed by atoms with van der Waals surface area (Å²) in [6.45, 7) is 4.60. The molecule has 4 rings (SSSR count). The van der Waals surface area contributed by atoms with Gasteiger partial charge in [0.05, 0.1) is 6.61 Å². The molecule has 1 saturated carbocycles. The van der Waals surface area contributed by atoms with Gasteiger partial charge in [-0.25, -0.2) is 8.78 Å². The topological polar surface area (TPSA) is 9.23 Å². The molecule has 0 spiro atoms. The minimum atomic E-state index is -0.392. The Morgan fingerprint density at radius 3 is 2.46 bits per heavy atom. The van der Waals surface area contributed by atoms with Crippen molar-refractivity contribution < 1.29 is 13.5 Å². The van der Waals surface area contributed by atoms with Gasteiger partial charge in [0, 0.05) is 17.2 Å². The number of halogens is 2. The van der Waals surface area contributed by atoms with Gasteiger partial charge in [0.2, 0.25) is 0 Å². The number of hydrogen-bond donors (Lipinski definition) is 0. The predicted molar refractivity (Wildman–Crippen MR) is 92.3 cm³/mol. The molecule has 24 heavy (non-hydrogen) atoms. The summed E-state index contributed by atoms with van der Waals surface area (Å²) in [6.07, 6.45) is 4.33. The molecule has 0 bridgehead atoms. The van der Waals surface area contributed by atoms with Crippen LogP contribution in [0.25, 0.3) is 22.3 Å². The van der Waals surface area contributed by atoms with E-state index in [0.717, 1.165) is 48.3 Å². The quantitative estimate of drug-likeness (QED) is 0.548. The molecule has 2 aliphatic carbocycles. The molecule has 2 aromatic carbocycles. The highest BCUT2D eigenvalue weighted by Crippen LogP contribution is 2.53. The Bertz CT molecular complexity index is 789. The highest BCUT2D eigenvalue weighted by molar-refractivity contribution is 6.03. The first-order valence-corrected chi connectivity index (χ1v) is 8.89. The zero-order chi connectivity index (χ0) is 16.8. The zero-order valence-electron chi connectivity index (χ0n) is 14.2. The van der Waals surface area contributed by atoms with Crippen LogP contribution < -0.4 is 4.74 Å². The average Bonchev–Trinajstić information content (AvgIpc) is 2.54. The van der Waals surface area contributed by atoms with E-state index < -0.39 is 5.82 Å². The Kier molecular flexibility index (Phi) is 3.82. The van der Waals surface area contributed by atoms with Crippen molar-refractivity contribution in [3.63, 3.8) is 0 Å². The predicted octanol–water partition coefficient (Wildman–Crippen LogP) is 6.30. The number of benzene rings is 2. The van der Waals surface area contributed by atoms with Crippen molar-refractivity contribution >= 4 is 0 Å². The molecule has 2 aromatic rings. The fourth-order valence-corrected chi connectivity index (χ4v) is 4.18. The second-order valence-corrected chi connectivity index (χ2v) is 7.11. The molecular weight excluding hydrogens is 306 g/mol. The summed E-state index contributed by atoms with van der Waals surface area (Å²) in [7, 11) is 0. The summed E-state index contributed by atoms with van der Waals surface area (Å²) in [5.41, 5.74) is 3.20. The maximum Gasteiger partial charge on any atom is 0.135 e. The lowest BCUT2D eigenvalue weighted by atomic mass is 9.74. The average molecular weight is 328 g/mol. The van der Waals surface area contributed by atoms with E-state index in [-0.39, 0.29) is 11.7 Å². The molecule has 0 radical (unpaired) electrons. The third kappa shape index (κ3) is 2.33.